The number of allylic oxidation sites excluding steroid dienone is 2. The summed E-state index contributed by atoms with van der Waals surface area (Å²) in [6.45, 7) is 1.82. The number of carboxylic acids is 2. The second-order valence-corrected chi connectivity index (χ2v) is 13.9. The van der Waals surface area contributed by atoms with Crippen LogP contribution in [0.4, 0.5) is 5.13 Å². The van der Waals surface area contributed by atoms with Crippen LogP contribution in [0.2, 0.25) is 0 Å². The fourth-order valence-corrected chi connectivity index (χ4v) is 8.01. The largest absolute Gasteiger partial charge is 0.788 e. The highest BCUT2D eigenvalue weighted by Crippen LogP contribution is 2.41. The number of nitrogens with two attached hydrogens (primary N) is 1. The number of amides is 3. The molecule has 268 valence electrons. The lowest BCUT2D eigenvalue weighted by atomic mass is 10.0. The molecule has 0 bridgehead atoms. The fourth-order valence-electron chi connectivity index (χ4n) is 6.13. The molecule has 1 aromatic heterocycles. The molecule has 2 saturated heterocycles. The van der Waals surface area contributed by atoms with E-state index in [4.69, 9.17) is 10.6 Å². The van der Waals surface area contributed by atoms with Crippen LogP contribution < -0.4 is 21.8 Å². The van der Waals surface area contributed by atoms with E-state index in [1.165, 1.54) is 28.7 Å². The molecule has 0 aromatic carbocycles. The molecule has 0 unspecified atom stereocenters. The van der Waals surface area contributed by atoms with Crippen molar-refractivity contribution in [1.29, 1.82) is 0 Å². The number of carboxylic acid groups (broad SMARTS) is 2. The Labute approximate surface area is 292 Å². The van der Waals surface area contributed by atoms with Crippen molar-refractivity contribution in [1.82, 2.24) is 26.0 Å². The average molecular weight is 735 g/mol. The van der Waals surface area contributed by atoms with E-state index < -0.39 is 71.0 Å². The van der Waals surface area contributed by atoms with Gasteiger partial charge in [0.25, 0.3) is 11.8 Å². The van der Waals surface area contributed by atoms with Gasteiger partial charge in [0.2, 0.25) is 17.8 Å². The molecule has 3 amide bonds. The number of fused-ring (bicyclic) bond motifs is 1. The van der Waals surface area contributed by atoms with Gasteiger partial charge in [0.05, 0.1) is 26.2 Å². The van der Waals surface area contributed by atoms with Crippen molar-refractivity contribution >= 4 is 69.4 Å². The van der Waals surface area contributed by atoms with Crippen LogP contribution in [0.5, 0.6) is 0 Å². The van der Waals surface area contributed by atoms with E-state index >= 15 is 0 Å². The minimum Gasteiger partial charge on any atom is -0.788 e. The number of hydrogen-bond donors (Lipinski definition) is 7. The van der Waals surface area contributed by atoms with Gasteiger partial charge in [0, 0.05) is 41.7 Å². The molecule has 4 aliphatic rings. The van der Waals surface area contributed by atoms with E-state index in [2.05, 4.69) is 20.8 Å². The van der Waals surface area contributed by atoms with Crippen molar-refractivity contribution in [3.8, 4) is 0 Å². The van der Waals surface area contributed by atoms with Gasteiger partial charge in [-0.1, -0.05) is 5.16 Å². The van der Waals surface area contributed by atoms with Gasteiger partial charge in [0.1, 0.15) is 29.4 Å². The first-order chi connectivity index (χ1) is 23.8. The van der Waals surface area contributed by atoms with Crippen molar-refractivity contribution < 1.29 is 53.4 Å². The summed E-state index contributed by atoms with van der Waals surface area (Å²) in [6, 6.07) is -1.16. The SMILES string of the molecule is Nc1nc(/C(=N/O[C@@H](CN[O-])C(=O)O)C(=O)N[C@@H]2C(=O)N3C(C(=O)O)=C(C[N+]4(CCNC(=O)C5=CC(=O)C(O)=CC5)CCCC4)CS[C@H]23)cs1. The van der Waals surface area contributed by atoms with Gasteiger partial charge in [0.15, 0.2) is 16.6 Å². The zero-order valence-corrected chi connectivity index (χ0v) is 28.0. The van der Waals surface area contributed by atoms with E-state index in [1.807, 2.05) is 0 Å². The molecular formula is C29H34N8O11S2. The first kappa shape index (κ1) is 36.5. The van der Waals surface area contributed by atoms with E-state index in [1.54, 1.807) is 0 Å². The van der Waals surface area contributed by atoms with E-state index in [0.717, 1.165) is 48.2 Å². The van der Waals surface area contributed by atoms with Gasteiger partial charge in [-0.15, -0.1) is 23.1 Å². The standard InChI is InChI=1S/C29H34N8O11S2/c30-29-33-16(13-50-29)20(35-48-19(10-32-47)27(43)44)24(41)34-21-25(42)36-22(28(45)46)15(12-49-26(21)36)11-37(6-1-2-7-37)8-5-31-23(40)14-3-4-17(38)18(39)9-14/h4,9,13,19,21,26,32,38H,1-3,5-8,10-12H2,(H2,30,33)(H,31,40)(H,34,41)(H,43,44)(H,45,46)/b35-20-/t19-,21+,26+/m0/s1. The summed E-state index contributed by atoms with van der Waals surface area (Å²) >= 11 is 2.23. The van der Waals surface area contributed by atoms with Gasteiger partial charge >= 0.3 is 11.9 Å². The number of nitrogens with zero attached hydrogens (tertiary/aromatic N) is 4. The number of quaternary nitrogens is 1. The Hall–Kier alpha value is -4.83. The molecule has 3 atom stereocenters. The van der Waals surface area contributed by atoms with Crippen LogP contribution in [-0.4, -0.2) is 133 Å². The van der Waals surface area contributed by atoms with Crippen LogP contribution in [0.3, 0.4) is 0 Å². The van der Waals surface area contributed by atoms with E-state index in [0.29, 0.717) is 23.1 Å². The molecule has 0 spiro atoms. The number of carbonyl (C=O) groups is 6. The van der Waals surface area contributed by atoms with Gasteiger partial charge in [-0.05, 0) is 18.6 Å². The molecule has 0 radical (unpaired) electrons. The molecular weight excluding hydrogens is 700 g/mol. The highest BCUT2D eigenvalue weighted by molar-refractivity contribution is 8.00. The van der Waals surface area contributed by atoms with Gasteiger partial charge in [-0.2, -0.15) is 0 Å². The molecule has 1 aliphatic carbocycles. The highest BCUT2D eigenvalue weighted by Gasteiger charge is 2.55. The number of hydroxylamine groups is 1. The first-order valence-electron chi connectivity index (χ1n) is 15.4. The number of nitrogens with one attached hydrogen (secondary N) is 3. The number of oxime groups is 1. The number of thiazole rings is 1. The second-order valence-electron chi connectivity index (χ2n) is 11.9. The Morgan fingerprint density at radius 3 is 2.58 bits per heavy atom. The molecule has 50 heavy (non-hydrogen) atoms. The maximum absolute atomic E-state index is 13.4. The fraction of sp³-hybridized carbons (Fsp3) is 0.448. The molecule has 21 heteroatoms. The van der Waals surface area contributed by atoms with E-state index in [9.17, 15) is 49.3 Å². The van der Waals surface area contributed by atoms with Crippen molar-refractivity contribution in [2.24, 2.45) is 5.16 Å². The van der Waals surface area contributed by atoms with Gasteiger partial charge in [-0.25, -0.2) is 14.6 Å². The number of nitrogen functional groups attached to an aromatic ring is 1. The lowest BCUT2D eigenvalue weighted by Gasteiger charge is -2.50. The number of ketones is 1. The van der Waals surface area contributed by atoms with Crippen molar-refractivity contribution in [2.75, 3.05) is 50.8 Å². The van der Waals surface area contributed by atoms with E-state index in [-0.39, 0.29) is 40.8 Å². The smallest absolute Gasteiger partial charge is 0.352 e. The molecule has 4 heterocycles. The third-order valence-electron chi connectivity index (χ3n) is 8.61. The van der Waals surface area contributed by atoms with Crippen LogP contribution in [0.1, 0.15) is 25.0 Å². The molecule has 1 aromatic rings. The number of aliphatic hydroxyl groups excluding tert-OH is 1. The van der Waals surface area contributed by atoms with Crippen LogP contribution in [0, 0.1) is 5.21 Å². The molecule has 2 fully saturated rings. The molecule has 3 aliphatic heterocycles. The van der Waals surface area contributed by atoms with Crippen LogP contribution in [0.15, 0.2) is 45.3 Å². The quantitative estimate of drug-likeness (QED) is 0.0482. The molecule has 8 N–H and O–H groups in total. The average Bonchev–Trinajstić information content (AvgIpc) is 3.72. The maximum atomic E-state index is 13.4. The lowest BCUT2D eigenvalue weighted by Crippen LogP contribution is -2.71. The minimum atomic E-state index is -1.74. The van der Waals surface area contributed by atoms with Crippen molar-refractivity contribution in [3.63, 3.8) is 0 Å². The van der Waals surface area contributed by atoms with Crippen LogP contribution >= 0.6 is 23.1 Å². The summed E-state index contributed by atoms with van der Waals surface area (Å²) in [5.74, 6) is -5.71. The second kappa shape index (κ2) is 15.4. The number of aliphatic carboxylic acids is 2. The molecule has 5 rings (SSSR count). The van der Waals surface area contributed by atoms with Crippen molar-refractivity contribution in [3.05, 3.63) is 51.0 Å². The normalized spacial score (nSPS) is 22.2. The number of anilines is 1. The number of aliphatic hydroxyl groups is 1. The van der Waals surface area contributed by atoms with Crippen molar-refractivity contribution in [2.45, 2.75) is 36.8 Å². The summed E-state index contributed by atoms with van der Waals surface area (Å²) in [4.78, 5) is 85.2. The lowest BCUT2D eigenvalue weighted by molar-refractivity contribution is -0.911. The number of thioether (sulfide) groups is 1. The Balaban J connectivity index is 1.28. The summed E-state index contributed by atoms with van der Waals surface area (Å²) in [6.07, 6.45) is 2.53. The predicted octanol–water partition coefficient (Wildman–Crippen LogP) is -1.21. The number of rotatable bonds is 15. The van der Waals surface area contributed by atoms with Crippen LogP contribution in [-0.2, 0) is 33.6 Å². The summed E-state index contributed by atoms with van der Waals surface area (Å²) in [7, 11) is 0. The summed E-state index contributed by atoms with van der Waals surface area (Å²) in [5, 5.41) is 49.3. The highest BCUT2D eigenvalue weighted by atomic mass is 32.2. The number of β-lactam (4-membered cyclic amide) rings is 1. The summed E-state index contributed by atoms with van der Waals surface area (Å²) in [5.41, 5.74) is 7.09. The third kappa shape index (κ3) is 7.81. The topological polar surface area (TPSA) is 286 Å². The Morgan fingerprint density at radius 1 is 1.22 bits per heavy atom. The molecule has 19 nitrogen and oxygen atoms in total. The molecule has 0 saturated carbocycles. The number of aromatic nitrogens is 1. The Bertz CT molecular complexity index is 1720. The zero-order chi connectivity index (χ0) is 36.2. The monoisotopic (exact) mass is 734 g/mol. The number of hydrogen-bond acceptors (Lipinski definition) is 15. The number of carbonyl (C=O) groups excluding carboxylic acids is 4. The minimum absolute atomic E-state index is 0.0616. The first-order valence-corrected chi connectivity index (χ1v) is 17.3. The third-order valence-corrected chi connectivity index (χ3v) is 10.6. The predicted molar refractivity (Wildman–Crippen MR) is 177 cm³/mol. The maximum Gasteiger partial charge on any atom is 0.352 e. The Kier molecular flexibility index (Phi) is 11.2. The van der Waals surface area contributed by atoms with Gasteiger partial charge in [-0.3, -0.25) is 24.1 Å². The van der Waals surface area contributed by atoms with Crippen LogP contribution in [0.25, 0.3) is 0 Å². The van der Waals surface area contributed by atoms with Gasteiger partial charge < -0.3 is 51.7 Å². The Morgan fingerprint density at radius 2 is 1.96 bits per heavy atom. The zero-order valence-electron chi connectivity index (χ0n) is 26.3. The number of likely N-dealkylation sites (tertiary alicyclic amines) is 1. The summed E-state index contributed by atoms with van der Waals surface area (Å²) < 4.78 is 0.480.